The van der Waals surface area contributed by atoms with Crippen molar-refractivity contribution in [2.24, 2.45) is 20.0 Å². The van der Waals surface area contributed by atoms with Crippen molar-refractivity contribution < 1.29 is 8.81 Å². The molecule has 0 N–H and O–H groups in total. The van der Waals surface area contributed by atoms with Crippen LogP contribution in [0, 0.1) is 18.7 Å². The number of nitrogens with zero attached hydrogens (tertiary/aromatic N) is 3. The van der Waals surface area contributed by atoms with E-state index in [2.05, 4.69) is 11.5 Å². The minimum atomic E-state index is -0.385. The lowest BCUT2D eigenvalue weighted by Gasteiger charge is -2.31. The Balaban J connectivity index is 1.98. The second-order valence-electron chi connectivity index (χ2n) is 8.52. The van der Waals surface area contributed by atoms with Crippen molar-refractivity contribution in [3.05, 3.63) is 80.3 Å². The third kappa shape index (κ3) is 2.76. The van der Waals surface area contributed by atoms with Gasteiger partial charge in [0.25, 0.3) is 5.56 Å². The molecule has 0 unspecified atom stereocenters. The quantitative estimate of drug-likeness (QED) is 0.493. The van der Waals surface area contributed by atoms with Crippen LogP contribution in [0.1, 0.15) is 36.5 Å². The zero-order valence-corrected chi connectivity index (χ0v) is 18.0. The first-order valence-corrected chi connectivity index (χ1v) is 10.4. The second kappa shape index (κ2) is 6.83. The number of rotatable bonds is 2. The number of fused-ring (bicyclic) bond motifs is 3. The van der Waals surface area contributed by atoms with Gasteiger partial charge in [0.15, 0.2) is 0 Å². The first kappa shape index (κ1) is 19.6. The summed E-state index contributed by atoms with van der Waals surface area (Å²) in [7, 11) is 3.16. The zero-order chi connectivity index (χ0) is 22.0. The molecule has 0 amide bonds. The molecule has 4 heterocycles. The molecule has 6 nitrogen and oxygen atoms in total. The predicted molar refractivity (Wildman–Crippen MR) is 117 cm³/mol. The first-order chi connectivity index (χ1) is 14.8. The standard InChI is InChI=1S/C24H24FN3O3/c1-13-10-11-28-20(15-6-5-7-16(25)12-15)19-21(26(3)24(30)27(4)23(19)29)22(28)18(13)17-9-8-14(2)31-17/h5-9,12-13,18H,10-11H2,1-4H3/t13-,18-/m1/s1. The summed E-state index contributed by atoms with van der Waals surface area (Å²) in [5.41, 5.74) is 1.99. The number of hydrogen-bond donors (Lipinski definition) is 0. The van der Waals surface area contributed by atoms with E-state index in [4.69, 9.17) is 4.42 Å². The van der Waals surface area contributed by atoms with E-state index in [9.17, 15) is 14.0 Å². The molecule has 0 fully saturated rings. The topological polar surface area (TPSA) is 62.1 Å². The summed E-state index contributed by atoms with van der Waals surface area (Å²) in [5, 5.41) is 0.438. The molecule has 160 valence electrons. The van der Waals surface area contributed by atoms with Crippen molar-refractivity contribution in [2.75, 3.05) is 0 Å². The smallest absolute Gasteiger partial charge is 0.331 e. The lowest BCUT2D eigenvalue weighted by molar-refractivity contribution is 0.331. The maximum Gasteiger partial charge on any atom is 0.331 e. The molecule has 0 saturated carbocycles. The highest BCUT2D eigenvalue weighted by atomic mass is 19.1. The van der Waals surface area contributed by atoms with E-state index < -0.39 is 0 Å². The van der Waals surface area contributed by atoms with Gasteiger partial charge in [-0.3, -0.25) is 13.9 Å². The van der Waals surface area contributed by atoms with E-state index in [1.54, 1.807) is 19.2 Å². The van der Waals surface area contributed by atoms with E-state index in [-0.39, 0.29) is 28.9 Å². The van der Waals surface area contributed by atoms with E-state index >= 15 is 0 Å². The molecule has 2 atom stereocenters. The van der Waals surface area contributed by atoms with Crippen molar-refractivity contribution in [2.45, 2.75) is 32.7 Å². The Bertz CT molecular complexity index is 1450. The summed E-state index contributed by atoms with van der Waals surface area (Å²) in [4.78, 5) is 26.2. The number of halogens is 1. The van der Waals surface area contributed by atoms with Crippen molar-refractivity contribution in [1.82, 2.24) is 13.7 Å². The van der Waals surface area contributed by atoms with E-state index in [1.165, 1.54) is 23.7 Å². The van der Waals surface area contributed by atoms with E-state index in [0.29, 0.717) is 28.7 Å². The van der Waals surface area contributed by atoms with Crippen LogP contribution in [0.15, 0.2) is 50.4 Å². The fourth-order valence-corrected chi connectivity index (χ4v) is 5.03. The highest BCUT2D eigenvalue weighted by molar-refractivity contribution is 5.96. The molecule has 1 aliphatic heterocycles. The molecule has 7 heteroatoms. The van der Waals surface area contributed by atoms with Crippen molar-refractivity contribution in [3.63, 3.8) is 0 Å². The Kier molecular flexibility index (Phi) is 4.32. The summed E-state index contributed by atoms with van der Waals surface area (Å²) >= 11 is 0. The Morgan fingerprint density at radius 1 is 1.10 bits per heavy atom. The van der Waals surface area contributed by atoms with Crippen molar-refractivity contribution >= 4 is 10.9 Å². The molecule has 0 bridgehead atoms. The van der Waals surface area contributed by atoms with Gasteiger partial charge in [0.1, 0.15) is 17.3 Å². The molecule has 3 aromatic heterocycles. The Hall–Kier alpha value is -3.35. The molecule has 0 radical (unpaired) electrons. The Labute approximate surface area is 178 Å². The van der Waals surface area contributed by atoms with Gasteiger partial charge in [-0.15, -0.1) is 0 Å². The number of aromatic nitrogens is 3. The van der Waals surface area contributed by atoms with Crippen molar-refractivity contribution in [1.29, 1.82) is 0 Å². The van der Waals surface area contributed by atoms with Gasteiger partial charge in [-0.1, -0.05) is 19.1 Å². The fraction of sp³-hybridized carbons (Fsp3) is 0.333. The van der Waals surface area contributed by atoms with Crippen LogP contribution >= 0.6 is 0 Å². The van der Waals surface area contributed by atoms with Crippen LogP contribution in [0.3, 0.4) is 0 Å². The maximum atomic E-state index is 14.2. The molecule has 0 saturated heterocycles. The normalized spacial score (nSPS) is 18.5. The number of aryl methyl sites for hydroxylation is 2. The maximum absolute atomic E-state index is 14.2. The molecule has 0 aliphatic carbocycles. The molecular formula is C24H24FN3O3. The number of furan rings is 1. The summed E-state index contributed by atoms with van der Waals surface area (Å²) in [6.07, 6.45) is 0.870. The molecular weight excluding hydrogens is 397 g/mol. The Morgan fingerprint density at radius 3 is 2.55 bits per heavy atom. The molecule has 4 aromatic rings. The lowest BCUT2D eigenvalue weighted by atomic mass is 9.83. The molecule has 5 rings (SSSR count). The van der Waals surface area contributed by atoms with Gasteiger partial charge in [0, 0.05) is 26.2 Å². The minimum Gasteiger partial charge on any atom is -0.466 e. The molecule has 1 aliphatic rings. The molecule has 0 spiro atoms. The first-order valence-electron chi connectivity index (χ1n) is 10.4. The fourth-order valence-electron chi connectivity index (χ4n) is 5.03. The lowest BCUT2D eigenvalue weighted by Crippen LogP contribution is -2.37. The second-order valence-corrected chi connectivity index (χ2v) is 8.52. The minimum absolute atomic E-state index is 0.120. The van der Waals surface area contributed by atoms with E-state index in [0.717, 1.165) is 28.2 Å². The highest BCUT2D eigenvalue weighted by Crippen LogP contribution is 2.45. The van der Waals surface area contributed by atoms with Crippen LogP contribution in [-0.2, 0) is 20.6 Å². The van der Waals surface area contributed by atoms with Crippen LogP contribution in [0.25, 0.3) is 22.2 Å². The SMILES string of the molecule is Cc1ccc([C@@H]2c3c4c(c(-c5cccc(F)c5)n3CC[C@H]2C)c(=O)n(C)c(=O)n4C)o1. The van der Waals surface area contributed by atoms with E-state index in [1.807, 2.05) is 19.1 Å². The van der Waals surface area contributed by atoms with Crippen LogP contribution < -0.4 is 11.2 Å². The summed E-state index contributed by atoms with van der Waals surface area (Å²) in [5.74, 6) is 1.38. The molecule has 31 heavy (non-hydrogen) atoms. The van der Waals surface area contributed by atoms with Crippen LogP contribution in [0.4, 0.5) is 4.39 Å². The summed E-state index contributed by atoms with van der Waals surface area (Å²) in [6.45, 7) is 4.73. The van der Waals surface area contributed by atoms with Crippen molar-refractivity contribution in [3.8, 4) is 11.3 Å². The third-order valence-electron chi connectivity index (χ3n) is 6.54. The third-order valence-corrected chi connectivity index (χ3v) is 6.54. The number of hydrogen-bond acceptors (Lipinski definition) is 3. The monoisotopic (exact) mass is 421 g/mol. The van der Waals surface area contributed by atoms with Gasteiger partial charge in [-0.05, 0) is 43.5 Å². The van der Waals surface area contributed by atoms with Gasteiger partial charge in [0.2, 0.25) is 0 Å². The average molecular weight is 421 g/mol. The van der Waals surface area contributed by atoms with Crippen LogP contribution in [-0.4, -0.2) is 13.7 Å². The van der Waals surface area contributed by atoms with Gasteiger partial charge in [-0.25, -0.2) is 9.18 Å². The average Bonchev–Trinajstić information content (AvgIpc) is 3.32. The van der Waals surface area contributed by atoms with Gasteiger partial charge >= 0.3 is 5.69 Å². The van der Waals surface area contributed by atoms with Crippen LogP contribution in [0.2, 0.25) is 0 Å². The van der Waals surface area contributed by atoms with Gasteiger partial charge in [-0.2, -0.15) is 0 Å². The zero-order valence-electron chi connectivity index (χ0n) is 18.0. The number of benzene rings is 1. The van der Waals surface area contributed by atoms with Crippen LogP contribution in [0.5, 0.6) is 0 Å². The summed E-state index contributed by atoms with van der Waals surface area (Å²) < 4.78 is 24.9. The Morgan fingerprint density at radius 2 is 1.87 bits per heavy atom. The highest BCUT2D eigenvalue weighted by Gasteiger charge is 2.37. The predicted octanol–water partition coefficient (Wildman–Crippen LogP) is 3.92. The van der Waals surface area contributed by atoms with Gasteiger partial charge in [0.05, 0.1) is 28.2 Å². The van der Waals surface area contributed by atoms with Gasteiger partial charge < -0.3 is 8.98 Å². The molecule has 1 aromatic carbocycles. The summed E-state index contributed by atoms with van der Waals surface area (Å²) in [6, 6.07) is 10.2. The largest absolute Gasteiger partial charge is 0.466 e.